The largest absolute Gasteiger partial charge is 0.495 e. The van der Waals surface area contributed by atoms with E-state index in [0.717, 1.165) is 24.8 Å². The highest BCUT2D eigenvalue weighted by atomic mass is 35.5. The Balaban J connectivity index is 1.37. The lowest BCUT2D eigenvalue weighted by Crippen LogP contribution is -2.41. The molecule has 1 aliphatic heterocycles. The predicted octanol–water partition coefficient (Wildman–Crippen LogP) is 5.11. The molecule has 4 amide bonds. The van der Waals surface area contributed by atoms with Gasteiger partial charge in [-0.05, 0) is 68.0 Å². The lowest BCUT2D eigenvalue weighted by atomic mass is 9.94. The molecule has 3 rings (SSSR count). The van der Waals surface area contributed by atoms with Crippen molar-refractivity contribution in [3.63, 3.8) is 0 Å². The van der Waals surface area contributed by atoms with Crippen LogP contribution >= 0.6 is 11.6 Å². The van der Waals surface area contributed by atoms with Crippen molar-refractivity contribution in [2.24, 2.45) is 5.92 Å². The fraction of sp³-hybridized carbons (Fsp3) is 0.391. The number of piperidine rings is 1. The molecule has 0 radical (unpaired) electrons. The molecule has 0 spiro atoms. The van der Waals surface area contributed by atoms with Gasteiger partial charge in [0.1, 0.15) is 5.75 Å². The quantitative estimate of drug-likeness (QED) is 0.578. The van der Waals surface area contributed by atoms with Crippen LogP contribution in [0.5, 0.6) is 5.75 Å². The van der Waals surface area contributed by atoms with E-state index in [2.05, 4.69) is 16.0 Å². The summed E-state index contributed by atoms with van der Waals surface area (Å²) in [4.78, 5) is 26.5. The van der Waals surface area contributed by atoms with Crippen molar-refractivity contribution < 1.29 is 14.3 Å². The number of aryl methyl sites for hydroxylation is 1. The van der Waals surface area contributed by atoms with Crippen LogP contribution in [0.15, 0.2) is 42.5 Å². The van der Waals surface area contributed by atoms with Crippen molar-refractivity contribution in [2.75, 3.05) is 37.4 Å². The number of methoxy groups -OCH3 is 1. The average molecular weight is 445 g/mol. The average Bonchev–Trinajstić information content (AvgIpc) is 2.74. The minimum Gasteiger partial charge on any atom is -0.495 e. The van der Waals surface area contributed by atoms with E-state index >= 15 is 0 Å². The number of benzene rings is 2. The third-order valence-electron chi connectivity index (χ3n) is 5.42. The van der Waals surface area contributed by atoms with Crippen molar-refractivity contribution in [2.45, 2.75) is 26.2 Å². The van der Waals surface area contributed by atoms with Crippen molar-refractivity contribution in [1.29, 1.82) is 0 Å². The smallest absolute Gasteiger partial charge is 0.321 e. The number of hydrogen-bond acceptors (Lipinski definition) is 3. The van der Waals surface area contributed by atoms with Crippen LogP contribution in [-0.2, 0) is 0 Å². The summed E-state index contributed by atoms with van der Waals surface area (Å²) < 4.78 is 5.29. The lowest BCUT2D eigenvalue weighted by Gasteiger charge is -2.32. The van der Waals surface area contributed by atoms with Gasteiger partial charge in [-0.15, -0.1) is 0 Å². The molecule has 3 N–H and O–H groups in total. The summed E-state index contributed by atoms with van der Waals surface area (Å²) in [5.74, 6) is 1.10. The summed E-state index contributed by atoms with van der Waals surface area (Å²) in [5, 5.41) is 9.23. The number of amides is 4. The Kier molecular flexibility index (Phi) is 8.00. The van der Waals surface area contributed by atoms with Crippen molar-refractivity contribution in [1.82, 2.24) is 10.2 Å². The number of hydrogen-bond donors (Lipinski definition) is 3. The highest BCUT2D eigenvalue weighted by molar-refractivity contribution is 6.30. The van der Waals surface area contributed by atoms with Gasteiger partial charge in [0.05, 0.1) is 12.8 Å². The first-order valence-corrected chi connectivity index (χ1v) is 10.8. The highest BCUT2D eigenvalue weighted by Gasteiger charge is 2.23. The summed E-state index contributed by atoms with van der Waals surface area (Å²) >= 11 is 5.97. The van der Waals surface area contributed by atoms with E-state index in [1.807, 2.05) is 42.2 Å². The molecular formula is C23H29ClN4O3. The fourth-order valence-corrected chi connectivity index (χ4v) is 3.86. The topological polar surface area (TPSA) is 82.7 Å². The van der Waals surface area contributed by atoms with Crippen molar-refractivity contribution in [3.05, 3.63) is 53.1 Å². The maximum atomic E-state index is 12.4. The molecule has 1 saturated heterocycles. The van der Waals surface area contributed by atoms with Crippen LogP contribution in [0.3, 0.4) is 0 Å². The Morgan fingerprint density at radius 1 is 1.13 bits per heavy atom. The van der Waals surface area contributed by atoms with Gasteiger partial charge >= 0.3 is 12.1 Å². The number of ether oxygens (including phenoxy) is 1. The van der Waals surface area contributed by atoms with Crippen molar-refractivity contribution in [3.8, 4) is 5.75 Å². The molecule has 2 aromatic carbocycles. The number of anilines is 2. The summed E-state index contributed by atoms with van der Waals surface area (Å²) in [5.41, 5.74) is 2.39. The number of halogens is 1. The van der Waals surface area contributed by atoms with Crippen LogP contribution in [0, 0.1) is 12.8 Å². The number of carbonyl (C=O) groups excluding carboxylic acids is 2. The van der Waals surface area contributed by atoms with E-state index in [4.69, 9.17) is 16.3 Å². The van der Waals surface area contributed by atoms with Gasteiger partial charge in [-0.25, -0.2) is 9.59 Å². The van der Waals surface area contributed by atoms with Gasteiger partial charge in [-0.3, -0.25) is 0 Å². The van der Waals surface area contributed by atoms with Crippen LogP contribution in [0.1, 0.15) is 24.8 Å². The zero-order chi connectivity index (χ0) is 22.2. The van der Waals surface area contributed by atoms with Crippen LogP contribution in [-0.4, -0.2) is 43.7 Å². The second-order valence-electron chi connectivity index (χ2n) is 7.74. The molecule has 2 aromatic rings. The molecule has 1 fully saturated rings. The number of nitrogens with one attached hydrogen (secondary N) is 3. The number of urea groups is 2. The number of likely N-dealkylation sites (tertiary alicyclic amines) is 1. The van der Waals surface area contributed by atoms with Gasteiger partial charge in [0.2, 0.25) is 0 Å². The van der Waals surface area contributed by atoms with Crippen molar-refractivity contribution >= 4 is 35.0 Å². The minimum atomic E-state index is -0.248. The maximum Gasteiger partial charge on any atom is 0.321 e. The molecule has 7 nitrogen and oxygen atoms in total. The summed E-state index contributed by atoms with van der Waals surface area (Å²) in [6.45, 7) is 3.94. The van der Waals surface area contributed by atoms with E-state index in [9.17, 15) is 9.59 Å². The second-order valence-corrected chi connectivity index (χ2v) is 8.18. The van der Waals surface area contributed by atoms with E-state index < -0.39 is 0 Å². The third-order valence-corrected chi connectivity index (χ3v) is 5.65. The third kappa shape index (κ3) is 6.79. The lowest BCUT2D eigenvalue weighted by molar-refractivity contribution is 0.180. The first-order chi connectivity index (χ1) is 14.9. The normalized spacial score (nSPS) is 14.1. The summed E-state index contributed by atoms with van der Waals surface area (Å²) in [6.07, 6.45) is 2.71. The Hall–Kier alpha value is -2.93. The molecule has 8 heteroatoms. The Labute approximate surface area is 188 Å². The highest BCUT2D eigenvalue weighted by Crippen LogP contribution is 2.25. The molecule has 0 saturated carbocycles. The van der Waals surface area contributed by atoms with E-state index in [0.29, 0.717) is 47.7 Å². The first-order valence-electron chi connectivity index (χ1n) is 10.5. The van der Waals surface area contributed by atoms with Gasteiger partial charge < -0.3 is 25.6 Å². The molecule has 0 aliphatic carbocycles. The molecule has 0 unspecified atom stereocenters. The number of carbonyl (C=O) groups is 2. The van der Waals surface area contributed by atoms with Gasteiger partial charge in [-0.1, -0.05) is 23.7 Å². The summed E-state index contributed by atoms with van der Waals surface area (Å²) in [7, 11) is 1.58. The SMILES string of the molecule is COc1ccc(C)cc1NC(=O)NCCC1CCN(C(=O)Nc2cccc(Cl)c2)CC1. The number of rotatable bonds is 6. The zero-order valence-corrected chi connectivity index (χ0v) is 18.7. The minimum absolute atomic E-state index is 0.106. The molecule has 1 heterocycles. The van der Waals surface area contributed by atoms with Gasteiger partial charge in [-0.2, -0.15) is 0 Å². The van der Waals surface area contributed by atoms with E-state index in [-0.39, 0.29) is 12.1 Å². The standard InChI is InChI=1S/C23H29ClN4O3/c1-16-6-7-21(31-2)20(14-16)27-22(29)25-11-8-17-9-12-28(13-10-17)23(30)26-19-5-3-4-18(24)15-19/h3-7,14-15,17H,8-13H2,1-2H3,(H,26,30)(H2,25,27,29). The Morgan fingerprint density at radius 2 is 1.90 bits per heavy atom. The molecular weight excluding hydrogens is 416 g/mol. The molecule has 166 valence electrons. The molecule has 0 aromatic heterocycles. The van der Waals surface area contributed by atoms with Crippen LogP contribution < -0.4 is 20.7 Å². The zero-order valence-electron chi connectivity index (χ0n) is 17.9. The van der Waals surface area contributed by atoms with Crippen LogP contribution in [0.25, 0.3) is 0 Å². The number of nitrogens with zero attached hydrogens (tertiary/aromatic N) is 1. The van der Waals surface area contributed by atoms with Crippen LogP contribution in [0.4, 0.5) is 21.0 Å². The Morgan fingerprint density at radius 3 is 2.61 bits per heavy atom. The van der Waals surface area contributed by atoms with Gasteiger partial charge in [0.25, 0.3) is 0 Å². The second kappa shape index (κ2) is 10.9. The fourth-order valence-electron chi connectivity index (χ4n) is 3.67. The van der Waals surface area contributed by atoms with Gasteiger partial charge in [0.15, 0.2) is 0 Å². The van der Waals surface area contributed by atoms with E-state index in [1.54, 1.807) is 19.2 Å². The van der Waals surface area contributed by atoms with E-state index in [1.165, 1.54) is 0 Å². The molecule has 1 aliphatic rings. The molecule has 0 atom stereocenters. The van der Waals surface area contributed by atoms with Crippen LogP contribution in [0.2, 0.25) is 5.02 Å². The first kappa shape index (κ1) is 22.7. The monoisotopic (exact) mass is 444 g/mol. The maximum absolute atomic E-state index is 12.4. The molecule has 0 bridgehead atoms. The predicted molar refractivity (Wildman–Crippen MR) is 124 cm³/mol. The summed E-state index contributed by atoms with van der Waals surface area (Å²) in [6, 6.07) is 12.4. The van der Waals surface area contributed by atoms with Gasteiger partial charge in [0, 0.05) is 30.3 Å². The molecule has 31 heavy (non-hydrogen) atoms. The Bertz CT molecular complexity index is 913.